The summed E-state index contributed by atoms with van der Waals surface area (Å²) in [6.07, 6.45) is 19.5. The molecule has 2 rings (SSSR count). The van der Waals surface area contributed by atoms with Crippen molar-refractivity contribution in [1.29, 1.82) is 0 Å². The van der Waals surface area contributed by atoms with Crippen LogP contribution in [-0.4, -0.2) is 27.1 Å². The quantitative estimate of drug-likeness (QED) is 0.198. The molecule has 0 saturated carbocycles. The normalized spacial score (nSPS) is 23.2. The van der Waals surface area contributed by atoms with Crippen molar-refractivity contribution in [2.24, 2.45) is 5.92 Å². The number of aryl methyl sites for hydroxylation is 1. The highest BCUT2D eigenvalue weighted by Crippen LogP contribution is 2.36. The molecule has 0 amide bonds. The van der Waals surface area contributed by atoms with Crippen LogP contribution in [0.4, 0.5) is 0 Å². The summed E-state index contributed by atoms with van der Waals surface area (Å²) in [5, 5.41) is 3.60. The van der Waals surface area contributed by atoms with Gasteiger partial charge < -0.3 is 9.74 Å². The Morgan fingerprint density at radius 2 is 1.66 bits per heavy atom. The van der Waals surface area contributed by atoms with E-state index in [2.05, 4.69) is 63.9 Å². The largest absolute Gasteiger partial charge is 0.412 e. The Balaban J connectivity index is 1.93. The number of nitrogens with one attached hydrogen (secondary N) is 1. The van der Waals surface area contributed by atoms with E-state index >= 15 is 0 Å². The van der Waals surface area contributed by atoms with E-state index in [0.717, 1.165) is 0 Å². The van der Waals surface area contributed by atoms with Gasteiger partial charge in [0.15, 0.2) is 0 Å². The highest BCUT2D eigenvalue weighted by atomic mass is 28.4. The van der Waals surface area contributed by atoms with Crippen molar-refractivity contribution < 1.29 is 4.43 Å². The zero-order valence-electron chi connectivity index (χ0n) is 22.1. The molecule has 4 atom stereocenters. The Hall–Kier alpha value is -0.643. The fourth-order valence-electron chi connectivity index (χ4n) is 5.91. The molecule has 1 aliphatic heterocycles. The predicted molar refractivity (Wildman–Crippen MR) is 144 cm³/mol. The SMILES string of the molecule is CCCCCCCCCCCC(Cc1ccccc1C)C1CCC[Si](C)(C(CC)NC)O1. The van der Waals surface area contributed by atoms with Crippen LogP contribution in [0, 0.1) is 12.8 Å². The fraction of sp³-hybridized carbons (Fsp3) is 0.793. The average Bonchev–Trinajstić information content (AvgIpc) is 2.79. The smallest absolute Gasteiger partial charge is 0.206 e. The highest BCUT2D eigenvalue weighted by Gasteiger charge is 2.43. The standard InChI is InChI=1S/C29H53NOSi/c1-6-8-9-10-11-12-13-14-15-21-27(24-26-20-17-16-19-25(26)3)28-22-18-23-32(5,31-28)29(7-2)30-4/h16-17,19-20,27-30H,6-15,18,21-24H2,1-5H3. The molecular weight excluding hydrogens is 406 g/mol. The lowest BCUT2D eigenvalue weighted by molar-refractivity contribution is 0.0856. The first-order valence-corrected chi connectivity index (χ1v) is 16.6. The van der Waals surface area contributed by atoms with Gasteiger partial charge in [0.05, 0.1) is 0 Å². The van der Waals surface area contributed by atoms with E-state index in [-0.39, 0.29) is 0 Å². The second-order valence-corrected chi connectivity index (χ2v) is 14.7. The summed E-state index contributed by atoms with van der Waals surface area (Å²) in [6.45, 7) is 9.39. The maximum atomic E-state index is 7.10. The van der Waals surface area contributed by atoms with Crippen LogP contribution in [0.1, 0.15) is 108 Å². The summed E-state index contributed by atoms with van der Waals surface area (Å²) < 4.78 is 7.10. The van der Waals surface area contributed by atoms with Gasteiger partial charge in [0.2, 0.25) is 8.32 Å². The molecule has 1 saturated heterocycles. The second-order valence-electron chi connectivity index (χ2n) is 10.6. The molecule has 1 N–H and O–H groups in total. The molecule has 0 aliphatic carbocycles. The molecule has 4 unspecified atom stereocenters. The summed E-state index contributed by atoms with van der Waals surface area (Å²) in [7, 11) is 0.421. The van der Waals surface area contributed by atoms with E-state index in [0.29, 0.717) is 17.7 Å². The third-order valence-electron chi connectivity index (χ3n) is 8.02. The number of rotatable bonds is 16. The molecule has 2 nitrogen and oxygen atoms in total. The van der Waals surface area contributed by atoms with Crippen LogP contribution in [0.25, 0.3) is 0 Å². The van der Waals surface area contributed by atoms with Crippen molar-refractivity contribution in [3.63, 3.8) is 0 Å². The monoisotopic (exact) mass is 459 g/mol. The topological polar surface area (TPSA) is 21.3 Å². The van der Waals surface area contributed by atoms with Crippen molar-refractivity contribution in [3.05, 3.63) is 35.4 Å². The predicted octanol–water partition coefficient (Wildman–Crippen LogP) is 8.37. The van der Waals surface area contributed by atoms with Gasteiger partial charge in [-0.3, -0.25) is 0 Å². The number of benzene rings is 1. The van der Waals surface area contributed by atoms with E-state index in [1.165, 1.54) is 107 Å². The average molecular weight is 460 g/mol. The van der Waals surface area contributed by atoms with Crippen LogP contribution in [-0.2, 0) is 10.8 Å². The summed E-state index contributed by atoms with van der Waals surface area (Å²) in [6, 6.07) is 10.3. The lowest BCUT2D eigenvalue weighted by Crippen LogP contribution is -2.58. The lowest BCUT2D eigenvalue weighted by Gasteiger charge is -2.44. The Bertz CT molecular complexity index is 617. The van der Waals surface area contributed by atoms with Crippen LogP contribution < -0.4 is 5.32 Å². The van der Waals surface area contributed by atoms with Gasteiger partial charge in [-0.25, -0.2) is 0 Å². The number of hydrogen-bond donors (Lipinski definition) is 1. The van der Waals surface area contributed by atoms with Crippen LogP contribution in [0.2, 0.25) is 12.6 Å². The molecule has 0 radical (unpaired) electrons. The van der Waals surface area contributed by atoms with Crippen LogP contribution in [0.5, 0.6) is 0 Å². The molecule has 32 heavy (non-hydrogen) atoms. The van der Waals surface area contributed by atoms with Crippen LogP contribution >= 0.6 is 0 Å². The molecule has 1 heterocycles. The van der Waals surface area contributed by atoms with Gasteiger partial charge >= 0.3 is 0 Å². The Kier molecular flexibility index (Phi) is 13.2. The van der Waals surface area contributed by atoms with Gasteiger partial charge in [-0.1, -0.05) is 102 Å². The minimum absolute atomic E-state index is 0.455. The van der Waals surface area contributed by atoms with Gasteiger partial charge in [-0.2, -0.15) is 0 Å². The van der Waals surface area contributed by atoms with Crippen molar-refractivity contribution in [2.75, 3.05) is 7.05 Å². The van der Waals surface area contributed by atoms with E-state index in [1.54, 1.807) is 0 Å². The van der Waals surface area contributed by atoms with E-state index < -0.39 is 8.32 Å². The summed E-state index contributed by atoms with van der Waals surface area (Å²) in [5.41, 5.74) is 3.56. The highest BCUT2D eigenvalue weighted by molar-refractivity contribution is 6.74. The molecule has 184 valence electrons. The van der Waals surface area contributed by atoms with Crippen LogP contribution in [0.3, 0.4) is 0 Å². The Morgan fingerprint density at radius 1 is 1.00 bits per heavy atom. The van der Waals surface area contributed by atoms with Crippen molar-refractivity contribution in [2.45, 2.75) is 135 Å². The van der Waals surface area contributed by atoms with Crippen molar-refractivity contribution in [3.8, 4) is 0 Å². The first kappa shape index (κ1) is 27.6. The minimum atomic E-state index is -1.71. The van der Waals surface area contributed by atoms with E-state index in [1.807, 2.05) is 0 Å². The third kappa shape index (κ3) is 8.95. The summed E-state index contributed by atoms with van der Waals surface area (Å²) >= 11 is 0. The summed E-state index contributed by atoms with van der Waals surface area (Å²) in [4.78, 5) is 0. The molecular formula is C29H53NOSi. The number of hydrogen-bond acceptors (Lipinski definition) is 2. The molecule has 1 fully saturated rings. The van der Waals surface area contributed by atoms with Gasteiger partial charge in [0.1, 0.15) is 0 Å². The number of unbranched alkanes of at least 4 members (excludes halogenated alkanes) is 8. The Morgan fingerprint density at radius 3 is 2.28 bits per heavy atom. The van der Waals surface area contributed by atoms with Crippen molar-refractivity contribution >= 4 is 8.32 Å². The maximum absolute atomic E-state index is 7.10. The molecule has 1 aliphatic rings. The first-order valence-electron chi connectivity index (χ1n) is 13.9. The van der Waals surface area contributed by atoms with Gasteiger partial charge in [-0.05, 0) is 69.3 Å². The van der Waals surface area contributed by atoms with Gasteiger partial charge in [0.25, 0.3) is 0 Å². The molecule has 1 aromatic rings. The fourth-order valence-corrected chi connectivity index (χ4v) is 9.92. The third-order valence-corrected chi connectivity index (χ3v) is 12.4. The van der Waals surface area contributed by atoms with Gasteiger partial charge in [-0.15, -0.1) is 0 Å². The minimum Gasteiger partial charge on any atom is -0.412 e. The second kappa shape index (κ2) is 15.3. The van der Waals surface area contributed by atoms with Crippen molar-refractivity contribution in [1.82, 2.24) is 5.32 Å². The first-order chi connectivity index (χ1) is 15.5. The molecule has 3 heteroatoms. The summed E-state index contributed by atoms with van der Waals surface area (Å²) in [5.74, 6) is 0.669. The zero-order valence-corrected chi connectivity index (χ0v) is 23.1. The van der Waals surface area contributed by atoms with E-state index in [4.69, 9.17) is 4.43 Å². The lowest BCUT2D eigenvalue weighted by atomic mass is 9.86. The Labute approximate surface area is 201 Å². The maximum Gasteiger partial charge on any atom is 0.206 e. The molecule has 0 spiro atoms. The molecule has 1 aromatic carbocycles. The molecule has 0 bridgehead atoms. The van der Waals surface area contributed by atoms with Crippen LogP contribution in [0.15, 0.2) is 24.3 Å². The zero-order chi connectivity index (χ0) is 23.2. The van der Waals surface area contributed by atoms with Gasteiger partial charge in [0, 0.05) is 11.8 Å². The molecule has 0 aromatic heterocycles. The van der Waals surface area contributed by atoms with E-state index in [9.17, 15) is 0 Å².